The summed E-state index contributed by atoms with van der Waals surface area (Å²) < 4.78 is 4.85. The lowest BCUT2D eigenvalue weighted by molar-refractivity contribution is -0.138. The zero-order valence-corrected chi connectivity index (χ0v) is 10.1. The third-order valence-electron chi connectivity index (χ3n) is 1.69. The molecular weight excluding hydrogens is 194 g/mol. The molecule has 0 radical (unpaired) electrons. The van der Waals surface area contributed by atoms with E-state index in [4.69, 9.17) is 10.00 Å². The van der Waals surface area contributed by atoms with Gasteiger partial charge in [0.2, 0.25) is 0 Å². The summed E-state index contributed by atoms with van der Waals surface area (Å²) in [6, 6.07) is 2.79. The van der Waals surface area contributed by atoms with Gasteiger partial charge in [-0.3, -0.25) is 0 Å². The lowest BCUT2D eigenvalue weighted by Gasteiger charge is -2.14. The first-order chi connectivity index (χ1) is 6.37. The lowest BCUT2D eigenvalue weighted by atomic mass is 10.3. The average molecular weight is 211 g/mol. The number of hydrogen-bond donors (Lipinski definition) is 0. The molecule has 0 saturated heterocycles. The zero-order valence-electron chi connectivity index (χ0n) is 9.09. The van der Waals surface area contributed by atoms with Crippen molar-refractivity contribution in [2.75, 3.05) is 6.61 Å². The van der Waals surface area contributed by atoms with Gasteiger partial charge in [-0.2, -0.15) is 5.26 Å². The number of nitriles is 1. The van der Waals surface area contributed by atoms with Crippen LogP contribution in [-0.4, -0.2) is 20.7 Å². The second-order valence-electron chi connectivity index (χ2n) is 4.39. The standard InChI is InChI=1S/C10H17NO2Si/c1-9(8-11)10(12)13-6-5-7-14(2,3)4/h1,5-7H2,2-4H3. The highest BCUT2D eigenvalue weighted by Gasteiger charge is 2.13. The van der Waals surface area contributed by atoms with E-state index in [1.807, 2.05) is 0 Å². The molecule has 78 valence electrons. The first kappa shape index (κ1) is 12.9. The van der Waals surface area contributed by atoms with Crippen molar-refractivity contribution < 1.29 is 9.53 Å². The average Bonchev–Trinajstić information content (AvgIpc) is 2.09. The van der Waals surface area contributed by atoms with Gasteiger partial charge in [0.1, 0.15) is 11.6 Å². The first-order valence-electron chi connectivity index (χ1n) is 4.63. The molecular formula is C10H17NO2Si. The number of hydrogen-bond acceptors (Lipinski definition) is 3. The van der Waals surface area contributed by atoms with E-state index < -0.39 is 14.0 Å². The Morgan fingerprint density at radius 1 is 1.50 bits per heavy atom. The summed E-state index contributed by atoms with van der Waals surface area (Å²) >= 11 is 0. The Balaban J connectivity index is 3.62. The van der Waals surface area contributed by atoms with Crippen molar-refractivity contribution in [3.63, 3.8) is 0 Å². The highest BCUT2D eigenvalue weighted by atomic mass is 28.3. The van der Waals surface area contributed by atoms with Crippen LogP contribution in [-0.2, 0) is 9.53 Å². The van der Waals surface area contributed by atoms with Crippen LogP contribution < -0.4 is 0 Å². The van der Waals surface area contributed by atoms with E-state index in [9.17, 15) is 4.79 Å². The van der Waals surface area contributed by atoms with E-state index in [0.29, 0.717) is 6.61 Å². The Bertz CT molecular complexity index is 260. The van der Waals surface area contributed by atoms with Gasteiger partial charge in [0.15, 0.2) is 0 Å². The molecule has 14 heavy (non-hydrogen) atoms. The number of carbonyl (C=O) groups excluding carboxylic acids is 1. The highest BCUT2D eigenvalue weighted by molar-refractivity contribution is 6.76. The number of nitrogens with zero attached hydrogens (tertiary/aromatic N) is 1. The fraction of sp³-hybridized carbons (Fsp3) is 0.600. The molecule has 0 amide bonds. The van der Waals surface area contributed by atoms with Crippen molar-refractivity contribution in [3.8, 4) is 6.07 Å². The number of rotatable bonds is 5. The van der Waals surface area contributed by atoms with Crippen LogP contribution in [0.4, 0.5) is 0 Å². The molecule has 0 fully saturated rings. The van der Waals surface area contributed by atoms with Crippen molar-refractivity contribution in [3.05, 3.63) is 12.2 Å². The summed E-state index contributed by atoms with van der Waals surface area (Å²) in [6.45, 7) is 10.5. The van der Waals surface area contributed by atoms with Crippen LogP contribution >= 0.6 is 0 Å². The predicted octanol–water partition coefficient (Wildman–Crippen LogP) is 2.34. The fourth-order valence-electron chi connectivity index (χ4n) is 0.900. The summed E-state index contributed by atoms with van der Waals surface area (Å²) in [5.74, 6) is -0.594. The smallest absolute Gasteiger partial charge is 0.348 e. The molecule has 0 bridgehead atoms. The van der Waals surface area contributed by atoms with Crippen LogP contribution in [0.15, 0.2) is 12.2 Å². The third kappa shape index (κ3) is 6.43. The molecule has 0 aliphatic heterocycles. The predicted molar refractivity (Wildman–Crippen MR) is 58.5 cm³/mol. The summed E-state index contributed by atoms with van der Waals surface area (Å²) in [6.07, 6.45) is 0.875. The molecule has 0 spiro atoms. The first-order valence-corrected chi connectivity index (χ1v) is 8.33. The lowest BCUT2D eigenvalue weighted by Crippen LogP contribution is -2.20. The van der Waals surface area contributed by atoms with E-state index in [-0.39, 0.29) is 5.57 Å². The Hall–Kier alpha value is -1.08. The molecule has 0 rings (SSSR count). The van der Waals surface area contributed by atoms with Crippen molar-refractivity contribution in [1.82, 2.24) is 0 Å². The van der Waals surface area contributed by atoms with Crippen LogP contribution in [0, 0.1) is 11.3 Å². The van der Waals surface area contributed by atoms with Gasteiger partial charge < -0.3 is 4.74 Å². The Morgan fingerprint density at radius 2 is 2.07 bits per heavy atom. The molecule has 0 saturated carbocycles. The van der Waals surface area contributed by atoms with Gasteiger partial charge in [-0.05, 0) is 6.42 Å². The molecule has 0 aliphatic carbocycles. The van der Waals surface area contributed by atoms with E-state index in [0.717, 1.165) is 12.5 Å². The van der Waals surface area contributed by atoms with E-state index >= 15 is 0 Å². The van der Waals surface area contributed by atoms with Crippen LogP contribution in [0.2, 0.25) is 25.7 Å². The molecule has 0 aromatic rings. The molecule has 0 atom stereocenters. The summed E-state index contributed by atoms with van der Waals surface area (Å²) in [5, 5.41) is 8.35. The molecule has 3 nitrogen and oxygen atoms in total. The van der Waals surface area contributed by atoms with Gasteiger partial charge in [-0.25, -0.2) is 4.79 Å². The largest absolute Gasteiger partial charge is 0.462 e. The maximum atomic E-state index is 11.0. The molecule has 0 aromatic carbocycles. The monoisotopic (exact) mass is 211 g/mol. The van der Waals surface area contributed by atoms with Crippen LogP contribution in [0.1, 0.15) is 6.42 Å². The second kappa shape index (κ2) is 5.61. The van der Waals surface area contributed by atoms with Crippen molar-refractivity contribution in [1.29, 1.82) is 5.26 Å². The van der Waals surface area contributed by atoms with Gasteiger partial charge in [-0.1, -0.05) is 32.3 Å². The van der Waals surface area contributed by atoms with Crippen LogP contribution in [0.25, 0.3) is 0 Å². The van der Waals surface area contributed by atoms with Gasteiger partial charge in [0, 0.05) is 8.07 Å². The van der Waals surface area contributed by atoms with Gasteiger partial charge in [0.25, 0.3) is 0 Å². The third-order valence-corrected chi connectivity index (χ3v) is 3.54. The number of esters is 1. The normalized spacial score (nSPS) is 10.4. The van der Waals surface area contributed by atoms with Crippen molar-refractivity contribution in [2.45, 2.75) is 32.1 Å². The van der Waals surface area contributed by atoms with Gasteiger partial charge in [-0.15, -0.1) is 0 Å². The summed E-state index contributed by atoms with van der Waals surface area (Å²) in [7, 11) is -1.04. The minimum Gasteiger partial charge on any atom is -0.462 e. The van der Waals surface area contributed by atoms with Gasteiger partial charge in [0.05, 0.1) is 6.61 Å². The minimum atomic E-state index is -1.04. The summed E-state index contributed by atoms with van der Waals surface area (Å²) in [4.78, 5) is 11.0. The molecule has 4 heteroatoms. The Labute approximate surface area is 86.4 Å². The molecule has 0 aromatic heterocycles. The Morgan fingerprint density at radius 3 is 2.50 bits per heavy atom. The van der Waals surface area contributed by atoms with Crippen LogP contribution in [0.3, 0.4) is 0 Å². The maximum Gasteiger partial charge on any atom is 0.348 e. The van der Waals surface area contributed by atoms with E-state index in [2.05, 4.69) is 26.2 Å². The molecule has 0 N–H and O–H groups in total. The zero-order chi connectivity index (χ0) is 11.2. The molecule has 0 heterocycles. The SMILES string of the molecule is C=C(C#N)C(=O)OCCC[Si](C)(C)C. The number of carbonyl (C=O) groups is 1. The van der Waals surface area contributed by atoms with E-state index in [1.54, 1.807) is 6.07 Å². The topological polar surface area (TPSA) is 50.1 Å². The summed E-state index contributed by atoms with van der Waals surface area (Å²) in [5.41, 5.74) is -0.127. The van der Waals surface area contributed by atoms with Crippen LogP contribution in [0.5, 0.6) is 0 Å². The molecule has 0 unspecified atom stereocenters. The second-order valence-corrected chi connectivity index (χ2v) is 10.0. The fourth-order valence-corrected chi connectivity index (χ4v) is 2.11. The molecule has 0 aliphatic rings. The number of ether oxygens (including phenoxy) is 1. The van der Waals surface area contributed by atoms with E-state index in [1.165, 1.54) is 0 Å². The quantitative estimate of drug-likeness (QED) is 0.230. The Kier molecular flexibility index (Phi) is 5.17. The van der Waals surface area contributed by atoms with Gasteiger partial charge >= 0.3 is 5.97 Å². The highest BCUT2D eigenvalue weighted by Crippen LogP contribution is 2.10. The minimum absolute atomic E-state index is 0.127. The van der Waals surface area contributed by atoms with Crippen molar-refractivity contribution >= 4 is 14.0 Å². The maximum absolute atomic E-state index is 11.0. The van der Waals surface area contributed by atoms with Crippen molar-refractivity contribution in [2.24, 2.45) is 0 Å².